The van der Waals surface area contributed by atoms with Crippen LogP contribution >= 0.6 is 0 Å². The number of likely N-dealkylation sites (N-methyl/N-ethyl adjacent to an activating group) is 1. The fraction of sp³-hybridized carbons (Fsp3) is 0.846. The van der Waals surface area contributed by atoms with E-state index >= 15 is 0 Å². The van der Waals surface area contributed by atoms with Gasteiger partial charge in [-0.3, -0.25) is 15.0 Å². The number of carbonyl (C=O) groups is 2. The van der Waals surface area contributed by atoms with E-state index < -0.39 is 11.6 Å². The van der Waals surface area contributed by atoms with Crippen LogP contribution in [-0.2, 0) is 4.79 Å². The van der Waals surface area contributed by atoms with E-state index in [1.54, 1.807) is 25.8 Å². The highest BCUT2D eigenvalue weighted by Crippen LogP contribution is 2.17. The summed E-state index contributed by atoms with van der Waals surface area (Å²) in [5.74, 6) is -0.359. The van der Waals surface area contributed by atoms with Gasteiger partial charge in [-0.05, 0) is 33.7 Å². The van der Waals surface area contributed by atoms with E-state index in [2.05, 4.69) is 10.6 Å². The maximum Gasteiger partial charge on any atom is 0.321 e. The second-order valence-electron chi connectivity index (χ2n) is 5.99. The molecule has 0 bridgehead atoms. The zero-order chi connectivity index (χ0) is 14.5. The summed E-state index contributed by atoms with van der Waals surface area (Å²) in [6.45, 7) is 3.80. The molecule has 110 valence electrons. The van der Waals surface area contributed by atoms with E-state index in [0.29, 0.717) is 6.54 Å². The molecule has 1 aliphatic carbocycles. The predicted octanol–water partition coefficient (Wildman–Crippen LogP) is 0.458. The predicted molar refractivity (Wildman–Crippen MR) is 72.7 cm³/mol. The van der Waals surface area contributed by atoms with Gasteiger partial charge in [0.1, 0.15) is 0 Å². The fourth-order valence-corrected chi connectivity index (χ4v) is 2.42. The smallest absolute Gasteiger partial charge is 0.321 e. The molecule has 1 saturated carbocycles. The number of nitrogens with zero attached hydrogens (tertiary/aromatic N) is 1. The van der Waals surface area contributed by atoms with Crippen molar-refractivity contribution in [3.8, 4) is 0 Å². The molecule has 1 fully saturated rings. The number of urea groups is 1. The molecule has 19 heavy (non-hydrogen) atoms. The molecule has 0 aromatic rings. The van der Waals surface area contributed by atoms with Crippen molar-refractivity contribution >= 4 is 11.9 Å². The number of hydrogen-bond donors (Lipinski definition) is 3. The van der Waals surface area contributed by atoms with Crippen LogP contribution in [0.15, 0.2) is 0 Å². The average molecular weight is 271 g/mol. The Bertz CT molecular complexity index is 320. The number of imide groups is 1. The number of carbonyl (C=O) groups excluding carboxylic acids is 2. The highest BCUT2D eigenvalue weighted by atomic mass is 16.3. The molecule has 3 amide bonds. The molecular weight excluding hydrogens is 246 g/mol. The van der Waals surface area contributed by atoms with Crippen LogP contribution in [0.1, 0.15) is 39.5 Å². The minimum Gasteiger partial charge on any atom is -0.389 e. The molecule has 0 saturated heterocycles. The second kappa shape index (κ2) is 6.86. The van der Waals surface area contributed by atoms with E-state index in [4.69, 9.17) is 0 Å². The lowest BCUT2D eigenvalue weighted by Crippen LogP contribution is -2.48. The topological polar surface area (TPSA) is 81.7 Å². The lowest BCUT2D eigenvalue weighted by Gasteiger charge is -2.24. The first-order valence-electron chi connectivity index (χ1n) is 6.77. The SMILES string of the molecule is CN(CC(=O)NC(=O)NC1CCCC1)CC(C)(C)O. The van der Waals surface area contributed by atoms with Crippen LogP contribution in [0.5, 0.6) is 0 Å². The molecule has 3 N–H and O–H groups in total. The zero-order valence-corrected chi connectivity index (χ0v) is 12.0. The summed E-state index contributed by atoms with van der Waals surface area (Å²) in [5.41, 5.74) is -0.860. The van der Waals surface area contributed by atoms with Crippen molar-refractivity contribution in [2.45, 2.75) is 51.2 Å². The Kier molecular flexibility index (Phi) is 5.75. The van der Waals surface area contributed by atoms with Crippen molar-refractivity contribution in [2.24, 2.45) is 0 Å². The van der Waals surface area contributed by atoms with Gasteiger partial charge in [-0.2, -0.15) is 0 Å². The van der Waals surface area contributed by atoms with E-state index in [1.165, 1.54) is 0 Å². The van der Waals surface area contributed by atoms with Crippen molar-refractivity contribution in [3.05, 3.63) is 0 Å². The first kappa shape index (κ1) is 15.9. The Morgan fingerprint density at radius 3 is 2.42 bits per heavy atom. The third kappa shape index (κ3) is 7.12. The van der Waals surface area contributed by atoms with Gasteiger partial charge in [0.15, 0.2) is 0 Å². The summed E-state index contributed by atoms with van der Waals surface area (Å²) < 4.78 is 0. The Morgan fingerprint density at radius 1 is 1.32 bits per heavy atom. The van der Waals surface area contributed by atoms with Crippen LogP contribution < -0.4 is 10.6 Å². The first-order valence-corrected chi connectivity index (χ1v) is 6.77. The highest BCUT2D eigenvalue weighted by Gasteiger charge is 2.20. The van der Waals surface area contributed by atoms with Crippen molar-refractivity contribution in [2.75, 3.05) is 20.1 Å². The summed E-state index contributed by atoms with van der Waals surface area (Å²) in [7, 11) is 1.73. The molecule has 0 atom stereocenters. The molecule has 0 unspecified atom stereocenters. The second-order valence-corrected chi connectivity index (χ2v) is 5.99. The van der Waals surface area contributed by atoms with Crippen molar-refractivity contribution in [1.82, 2.24) is 15.5 Å². The van der Waals surface area contributed by atoms with E-state index in [9.17, 15) is 14.7 Å². The van der Waals surface area contributed by atoms with Crippen molar-refractivity contribution < 1.29 is 14.7 Å². The molecule has 0 spiro atoms. The molecular formula is C13H25N3O3. The third-order valence-corrected chi connectivity index (χ3v) is 3.01. The van der Waals surface area contributed by atoms with Crippen LogP contribution in [0.25, 0.3) is 0 Å². The number of aliphatic hydroxyl groups is 1. The molecule has 6 heteroatoms. The number of hydrogen-bond acceptors (Lipinski definition) is 4. The zero-order valence-electron chi connectivity index (χ0n) is 12.0. The Hall–Kier alpha value is -1.14. The maximum atomic E-state index is 11.6. The van der Waals surface area contributed by atoms with Gasteiger partial charge in [-0.25, -0.2) is 4.79 Å². The van der Waals surface area contributed by atoms with Gasteiger partial charge >= 0.3 is 6.03 Å². The van der Waals surface area contributed by atoms with E-state index in [1.807, 2.05) is 0 Å². The number of nitrogens with one attached hydrogen (secondary N) is 2. The standard InChI is InChI=1S/C13H25N3O3/c1-13(2,19)9-16(3)8-11(17)15-12(18)14-10-6-4-5-7-10/h10,19H,4-9H2,1-3H3,(H2,14,15,17,18). The van der Waals surface area contributed by atoms with E-state index in [-0.39, 0.29) is 18.5 Å². The minimum atomic E-state index is -0.860. The van der Waals surface area contributed by atoms with Gasteiger partial charge in [0.25, 0.3) is 0 Å². The highest BCUT2D eigenvalue weighted by molar-refractivity contribution is 5.95. The monoisotopic (exact) mass is 271 g/mol. The summed E-state index contributed by atoms with van der Waals surface area (Å²) in [4.78, 5) is 24.9. The Morgan fingerprint density at radius 2 is 1.89 bits per heavy atom. The fourth-order valence-electron chi connectivity index (χ4n) is 2.42. The van der Waals surface area contributed by atoms with Crippen LogP contribution in [0, 0.1) is 0 Å². The number of amides is 3. The molecule has 1 aliphatic rings. The molecule has 0 aromatic carbocycles. The first-order chi connectivity index (χ1) is 8.76. The molecule has 6 nitrogen and oxygen atoms in total. The summed E-state index contributed by atoms with van der Waals surface area (Å²) in [6.07, 6.45) is 4.24. The minimum absolute atomic E-state index is 0.0854. The summed E-state index contributed by atoms with van der Waals surface area (Å²) in [6, 6.07) is -0.226. The van der Waals surface area contributed by atoms with Gasteiger partial charge in [-0.1, -0.05) is 12.8 Å². The summed E-state index contributed by atoms with van der Waals surface area (Å²) in [5, 5.41) is 14.7. The lowest BCUT2D eigenvalue weighted by molar-refractivity contribution is -0.121. The van der Waals surface area contributed by atoms with Gasteiger partial charge in [0, 0.05) is 12.6 Å². The molecule has 0 aromatic heterocycles. The van der Waals surface area contributed by atoms with Crippen LogP contribution in [0.2, 0.25) is 0 Å². The Balaban J connectivity index is 2.24. The summed E-state index contributed by atoms with van der Waals surface area (Å²) >= 11 is 0. The molecule has 1 rings (SSSR count). The van der Waals surface area contributed by atoms with Crippen molar-refractivity contribution in [3.63, 3.8) is 0 Å². The Labute approximate surface area is 114 Å². The van der Waals surface area contributed by atoms with Gasteiger partial charge in [-0.15, -0.1) is 0 Å². The normalized spacial score (nSPS) is 16.7. The van der Waals surface area contributed by atoms with Gasteiger partial charge in [0.05, 0.1) is 12.1 Å². The van der Waals surface area contributed by atoms with Gasteiger partial charge in [0.2, 0.25) is 5.91 Å². The molecule has 0 heterocycles. The molecule has 0 aliphatic heterocycles. The quantitative estimate of drug-likeness (QED) is 0.678. The number of rotatable bonds is 5. The largest absolute Gasteiger partial charge is 0.389 e. The van der Waals surface area contributed by atoms with E-state index in [0.717, 1.165) is 25.7 Å². The van der Waals surface area contributed by atoms with Crippen LogP contribution in [0.4, 0.5) is 4.79 Å². The third-order valence-electron chi connectivity index (χ3n) is 3.01. The van der Waals surface area contributed by atoms with Crippen LogP contribution in [-0.4, -0.2) is 53.7 Å². The van der Waals surface area contributed by atoms with Crippen molar-refractivity contribution in [1.29, 1.82) is 0 Å². The molecule has 0 radical (unpaired) electrons. The lowest BCUT2D eigenvalue weighted by atomic mass is 10.1. The van der Waals surface area contributed by atoms with Gasteiger partial charge < -0.3 is 10.4 Å². The average Bonchev–Trinajstić information content (AvgIpc) is 2.65. The maximum absolute atomic E-state index is 11.6. The van der Waals surface area contributed by atoms with Crippen LogP contribution in [0.3, 0.4) is 0 Å².